The molecule has 0 heterocycles. The Labute approximate surface area is 184 Å². The zero-order chi connectivity index (χ0) is 23.1. The van der Waals surface area contributed by atoms with Crippen LogP contribution in [0.5, 0.6) is 0 Å². The van der Waals surface area contributed by atoms with Gasteiger partial charge in [0.2, 0.25) is 0 Å². The first kappa shape index (κ1) is 26.5. The van der Waals surface area contributed by atoms with Gasteiger partial charge in [0.1, 0.15) is 5.56 Å². The SMILES string of the molecule is CCCCCCCCCCCCCCCC(C(=O)O)(c1ccccc1[N+](=O)[O-])[N+](=O)[O-]. The molecule has 0 saturated heterocycles. The average Bonchev–Trinajstić information content (AvgIpc) is 2.73. The third-order valence-electron chi connectivity index (χ3n) is 5.85. The molecule has 1 unspecified atom stereocenters. The molecular weight excluding hydrogens is 400 g/mol. The van der Waals surface area contributed by atoms with Crippen LogP contribution >= 0.6 is 0 Å². The van der Waals surface area contributed by atoms with Gasteiger partial charge in [-0.25, -0.2) is 4.79 Å². The molecule has 0 spiro atoms. The standard InChI is InChI=1S/C23H36N2O6/c1-2-3-4-5-6-7-8-9-10-11-12-13-16-19-23(22(26)27,25(30)31)20-17-14-15-18-21(20)24(28)29/h14-15,17-18H,2-13,16,19H2,1H3,(H,26,27). The smallest absolute Gasteiger partial charge is 0.387 e. The molecule has 1 aromatic carbocycles. The number of carbonyl (C=O) groups is 1. The van der Waals surface area contributed by atoms with Gasteiger partial charge in [-0.15, -0.1) is 0 Å². The highest BCUT2D eigenvalue weighted by Crippen LogP contribution is 2.37. The van der Waals surface area contributed by atoms with Gasteiger partial charge in [-0.3, -0.25) is 20.2 Å². The number of hydrogen-bond donors (Lipinski definition) is 1. The first-order valence-corrected chi connectivity index (χ1v) is 11.5. The number of rotatable bonds is 18. The van der Waals surface area contributed by atoms with Crippen LogP contribution in [0.3, 0.4) is 0 Å². The van der Waals surface area contributed by atoms with Gasteiger partial charge in [-0.05, 0) is 12.5 Å². The van der Waals surface area contributed by atoms with Gasteiger partial charge in [-0.1, -0.05) is 96.1 Å². The topological polar surface area (TPSA) is 124 Å². The monoisotopic (exact) mass is 436 g/mol. The van der Waals surface area contributed by atoms with Crippen LogP contribution in [0, 0.1) is 20.2 Å². The first-order chi connectivity index (χ1) is 14.9. The lowest BCUT2D eigenvalue weighted by Crippen LogP contribution is -2.44. The Balaban J connectivity index is 2.47. The summed E-state index contributed by atoms with van der Waals surface area (Å²) in [7, 11) is 0. The summed E-state index contributed by atoms with van der Waals surface area (Å²) >= 11 is 0. The van der Waals surface area contributed by atoms with E-state index in [-0.39, 0.29) is 12.0 Å². The molecule has 0 aromatic heterocycles. The number of nitro benzene ring substituents is 1. The third kappa shape index (κ3) is 8.26. The summed E-state index contributed by atoms with van der Waals surface area (Å²) in [4.78, 5) is 33.4. The first-order valence-electron chi connectivity index (χ1n) is 11.5. The Kier molecular flexibility index (Phi) is 12.4. The predicted octanol–water partition coefficient (Wildman–Crippen LogP) is 6.63. The Morgan fingerprint density at radius 2 is 1.29 bits per heavy atom. The van der Waals surface area contributed by atoms with Crippen LogP contribution < -0.4 is 0 Å². The summed E-state index contributed by atoms with van der Waals surface area (Å²) in [6.45, 7) is 2.21. The van der Waals surface area contributed by atoms with Crippen LogP contribution in [0.15, 0.2) is 24.3 Å². The maximum absolute atomic E-state index is 11.9. The van der Waals surface area contributed by atoms with Crippen molar-refractivity contribution < 1.29 is 19.7 Å². The van der Waals surface area contributed by atoms with Crippen LogP contribution in [0.25, 0.3) is 0 Å². The average molecular weight is 437 g/mol. The molecule has 0 bridgehead atoms. The number of benzene rings is 1. The van der Waals surface area contributed by atoms with Crippen molar-refractivity contribution >= 4 is 11.7 Å². The van der Waals surface area contributed by atoms with E-state index in [1.807, 2.05) is 0 Å². The molecule has 0 aliphatic carbocycles. The van der Waals surface area contributed by atoms with Crippen LogP contribution in [-0.2, 0) is 10.3 Å². The number of carboxylic acid groups (broad SMARTS) is 1. The van der Waals surface area contributed by atoms with Crippen LogP contribution in [0.1, 0.15) is 102 Å². The highest BCUT2D eigenvalue weighted by atomic mass is 16.6. The van der Waals surface area contributed by atoms with Crippen molar-refractivity contribution in [1.29, 1.82) is 0 Å². The van der Waals surface area contributed by atoms with Crippen LogP contribution in [0.2, 0.25) is 0 Å². The van der Waals surface area contributed by atoms with Crippen LogP contribution in [0.4, 0.5) is 5.69 Å². The lowest BCUT2D eigenvalue weighted by Gasteiger charge is -2.21. The molecule has 0 saturated carbocycles. The van der Waals surface area contributed by atoms with E-state index in [0.29, 0.717) is 12.8 Å². The molecule has 1 aromatic rings. The minimum atomic E-state index is -2.50. The molecule has 174 valence electrons. The quantitative estimate of drug-likeness (QED) is 0.156. The summed E-state index contributed by atoms with van der Waals surface area (Å²) in [5.74, 6) is -1.66. The molecule has 31 heavy (non-hydrogen) atoms. The largest absolute Gasteiger partial charge is 0.476 e. The zero-order valence-corrected chi connectivity index (χ0v) is 18.6. The van der Waals surface area contributed by atoms with E-state index in [0.717, 1.165) is 25.3 Å². The van der Waals surface area contributed by atoms with Gasteiger partial charge in [0.05, 0.1) is 4.92 Å². The lowest BCUT2D eigenvalue weighted by molar-refractivity contribution is -0.566. The Morgan fingerprint density at radius 3 is 1.71 bits per heavy atom. The molecule has 1 atom stereocenters. The van der Waals surface area contributed by atoms with Gasteiger partial charge < -0.3 is 5.11 Å². The number of aliphatic carboxylic acids is 1. The summed E-state index contributed by atoms with van der Waals surface area (Å²) in [5, 5.41) is 32.8. The normalized spacial score (nSPS) is 12.9. The minimum Gasteiger partial charge on any atom is -0.476 e. The van der Waals surface area contributed by atoms with Crippen molar-refractivity contribution in [3.8, 4) is 0 Å². The van der Waals surface area contributed by atoms with Crippen LogP contribution in [-0.4, -0.2) is 20.9 Å². The zero-order valence-electron chi connectivity index (χ0n) is 18.6. The molecule has 0 amide bonds. The second-order valence-electron chi connectivity index (χ2n) is 8.19. The van der Waals surface area contributed by atoms with E-state index in [2.05, 4.69) is 6.92 Å². The summed E-state index contributed by atoms with van der Waals surface area (Å²) < 4.78 is 0. The molecule has 0 aliphatic heterocycles. The van der Waals surface area contributed by atoms with Crippen molar-refractivity contribution in [3.05, 3.63) is 50.1 Å². The molecule has 1 rings (SSSR count). The van der Waals surface area contributed by atoms with Crippen molar-refractivity contribution in [1.82, 2.24) is 0 Å². The molecule has 0 radical (unpaired) electrons. The molecule has 0 fully saturated rings. The van der Waals surface area contributed by atoms with E-state index in [1.54, 1.807) is 0 Å². The van der Waals surface area contributed by atoms with Gasteiger partial charge in [0.15, 0.2) is 0 Å². The van der Waals surface area contributed by atoms with E-state index < -0.39 is 27.0 Å². The van der Waals surface area contributed by atoms with Crippen molar-refractivity contribution in [2.24, 2.45) is 0 Å². The Hall–Kier alpha value is -2.51. The van der Waals surface area contributed by atoms with Crippen molar-refractivity contribution in [2.45, 2.75) is 102 Å². The fourth-order valence-electron chi connectivity index (χ4n) is 4.01. The van der Waals surface area contributed by atoms with E-state index in [4.69, 9.17) is 0 Å². The van der Waals surface area contributed by atoms with Gasteiger partial charge in [-0.2, -0.15) is 0 Å². The number of hydrogen-bond acceptors (Lipinski definition) is 5. The second-order valence-corrected chi connectivity index (χ2v) is 8.19. The van der Waals surface area contributed by atoms with E-state index >= 15 is 0 Å². The summed E-state index contributed by atoms with van der Waals surface area (Å²) in [5.41, 5.74) is -3.39. The maximum Gasteiger partial charge on any atom is 0.387 e. The summed E-state index contributed by atoms with van der Waals surface area (Å²) in [6, 6.07) is 5.06. The Bertz CT molecular complexity index is 693. The second kappa shape index (κ2) is 14.5. The van der Waals surface area contributed by atoms with Gasteiger partial charge >= 0.3 is 11.5 Å². The van der Waals surface area contributed by atoms with Gasteiger partial charge in [0.25, 0.3) is 5.69 Å². The molecular formula is C23H36N2O6. The molecule has 8 nitrogen and oxygen atoms in total. The fourth-order valence-corrected chi connectivity index (χ4v) is 4.01. The van der Waals surface area contributed by atoms with E-state index in [9.17, 15) is 30.1 Å². The predicted molar refractivity (Wildman–Crippen MR) is 120 cm³/mol. The highest BCUT2D eigenvalue weighted by Gasteiger charge is 2.56. The van der Waals surface area contributed by atoms with Crippen molar-refractivity contribution in [3.63, 3.8) is 0 Å². The highest BCUT2D eigenvalue weighted by molar-refractivity contribution is 5.80. The number of unbranched alkanes of at least 4 members (excludes halogenated alkanes) is 12. The van der Waals surface area contributed by atoms with E-state index in [1.165, 1.54) is 69.6 Å². The number of nitrogens with zero attached hydrogens (tertiary/aromatic N) is 2. The Morgan fingerprint density at radius 1 is 0.839 bits per heavy atom. The molecule has 0 aliphatic rings. The third-order valence-corrected chi connectivity index (χ3v) is 5.85. The number of para-hydroxylation sites is 1. The number of nitro groups is 2. The fraction of sp³-hybridized carbons (Fsp3) is 0.696. The van der Waals surface area contributed by atoms with Crippen molar-refractivity contribution in [2.75, 3.05) is 0 Å². The van der Waals surface area contributed by atoms with Gasteiger partial charge in [0, 0.05) is 17.4 Å². The lowest BCUT2D eigenvalue weighted by atomic mass is 9.84. The molecule has 1 N–H and O–H groups in total. The maximum atomic E-state index is 11.9. The molecule has 8 heteroatoms. The summed E-state index contributed by atoms with van der Waals surface area (Å²) in [6.07, 6.45) is 13.9. The minimum absolute atomic E-state index is 0.266. The number of carboxylic acids is 1.